The molecule has 5 nitrogen and oxygen atoms in total. The van der Waals surface area contributed by atoms with Crippen molar-refractivity contribution in [3.8, 4) is 0 Å². The zero-order chi connectivity index (χ0) is 15.2. The highest BCUT2D eigenvalue weighted by Crippen LogP contribution is 2.07. The van der Waals surface area contributed by atoms with Gasteiger partial charge in [-0.25, -0.2) is 0 Å². The highest BCUT2D eigenvalue weighted by atomic mass is 16.2. The van der Waals surface area contributed by atoms with E-state index in [0.29, 0.717) is 17.7 Å². The molecular formula is C16H17N3O2. The Kier molecular flexibility index (Phi) is 4.66. The molecule has 0 saturated heterocycles. The molecule has 0 unspecified atom stereocenters. The molecule has 0 saturated carbocycles. The van der Waals surface area contributed by atoms with E-state index < -0.39 is 0 Å². The van der Waals surface area contributed by atoms with Crippen molar-refractivity contribution in [1.82, 2.24) is 15.2 Å². The van der Waals surface area contributed by atoms with Crippen LogP contribution in [0.25, 0.3) is 0 Å². The molecular weight excluding hydrogens is 266 g/mol. The summed E-state index contributed by atoms with van der Waals surface area (Å²) in [4.78, 5) is 29.0. The number of aromatic nitrogens is 1. The van der Waals surface area contributed by atoms with Crippen molar-refractivity contribution < 1.29 is 9.59 Å². The molecule has 0 aliphatic heterocycles. The van der Waals surface area contributed by atoms with Gasteiger partial charge in [0.25, 0.3) is 11.8 Å². The number of nitrogens with zero attached hydrogens (tertiary/aromatic N) is 2. The lowest BCUT2D eigenvalue weighted by molar-refractivity contribution is 0.0827. The van der Waals surface area contributed by atoms with Crippen LogP contribution in [-0.2, 0) is 6.54 Å². The Morgan fingerprint density at radius 2 is 1.62 bits per heavy atom. The molecule has 5 heteroatoms. The Labute approximate surface area is 123 Å². The third kappa shape index (κ3) is 3.89. The molecule has 0 aliphatic carbocycles. The number of amides is 2. The van der Waals surface area contributed by atoms with Crippen LogP contribution in [0.3, 0.4) is 0 Å². The van der Waals surface area contributed by atoms with Gasteiger partial charge in [0.2, 0.25) is 0 Å². The normalized spacial score (nSPS) is 10.0. The van der Waals surface area contributed by atoms with E-state index in [2.05, 4.69) is 10.3 Å². The van der Waals surface area contributed by atoms with Crippen molar-refractivity contribution in [3.05, 3.63) is 65.5 Å². The largest absolute Gasteiger partial charge is 0.348 e. The molecule has 108 valence electrons. The van der Waals surface area contributed by atoms with Gasteiger partial charge < -0.3 is 10.2 Å². The Morgan fingerprint density at radius 3 is 2.19 bits per heavy atom. The Balaban J connectivity index is 1.95. The predicted octanol–water partition coefficient (Wildman–Crippen LogP) is 1.71. The van der Waals surface area contributed by atoms with Crippen LogP contribution in [0, 0.1) is 0 Å². The van der Waals surface area contributed by atoms with Crippen molar-refractivity contribution in [1.29, 1.82) is 0 Å². The molecule has 0 spiro atoms. The van der Waals surface area contributed by atoms with Gasteiger partial charge in [-0.3, -0.25) is 14.6 Å². The number of benzene rings is 1. The topological polar surface area (TPSA) is 62.3 Å². The number of nitrogens with one attached hydrogen (secondary N) is 1. The lowest BCUT2D eigenvalue weighted by Gasteiger charge is -2.10. The van der Waals surface area contributed by atoms with Crippen molar-refractivity contribution >= 4 is 11.8 Å². The molecule has 2 rings (SSSR count). The molecule has 1 heterocycles. The van der Waals surface area contributed by atoms with Gasteiger partial charge >= 0.3 is 0 Å². The van der Waals surface area contributed by atoms with E-state index in [0.717, 1.165) is 5.56 Å². The maximum Gasteiger partial charge on any atom is 0.253 e. The fourth-order valence-electron chi connectivity index (χ4n) is 1.81. The van der Waals surface area contributed by atoms with Crippen LogP contribution in [0.2, 0.25) is 0 Å². The predicted molar refractivity (Wildman–Crippen MR) is 79.9 cm³/mol. The van der Waals surface area contributed by atoms with E-state index in [1.165, 1.54) is 4.90 Å². The summed E-state index contributed by atoms with van der Waals surface area (Å²) in [5.74, 6) is -0.187. The zero-order valence-electron chi connectivity index (χ0n) is 12.0. The van der Waals surface area contributed by atoms with E-state index in [4.69, 9.17) is 0 Å². The van der Waals surface area contributed by atoms with Crippen LogP contribution in [0.1, 0.15) is 26.3 Å². The maximum atomic E-state index is 11.9. The van der Waals surface area contributed by atoms with Gasteiger partial charge in [-0.15, -0.1) is 0 Å². The van der Waals surface area contributed by atoms with Crippen LogP contribution in [0.15, 0.2) is 48.8 Å². The second-order valence-electron chi connectivity index (χ2n) is 4.82. The van der Waals surface area contributed by atoms with Crippen LogP contribution in [0.4, 0.5) is 0 Å². The summed E-state index contributed by atoms with van der Waals surface area (Å²) in [6.07, 6.45) is 3.16. The fraction of sp³-hybridized carbons (Fsp3) is 0.188. The quantitative estimate of drug-likeness (QED) is 0.929. The first-order valence-corrected chi connectivity index (χ1v) is 6.57. The fourth-order valence-corrected chi connectivity index (χ4v) is 1.81. The molecule has 0 bridgehead atoms. The minimum absolute atomic E-state index is 0.0395. The maximum absolute atomic E-state index is 11.9. The van der Waals surface area contributed by atoms with Crippen molar-refractivity contribution in [3.63, 3.8) is 0 Å². The summed E-state index contributed by atoms with van der Waals surface area (Å²) in [6.45, 7) is 0.414. The summed E-state index contributed by atoms with van der Waals surface area (Å²) < 4.78 is 0. The van der Waals surface area contributed by atoms with Crippen molar-refractivity contribution in [2.24, 2.45) is 0 Å². The Hall–Kier alpha value is -2.69. The number of pyridine rings is 1. The number of hydrogen-bond donors (Lipinski definition) is 1. The van der Waals surface area contributed by atoms with Crippen LogP contribution in [0.5, 0.6) is 0 Å². The van der Waals surface area contributed by atoms with Gasteiger partial charge in [-0.1, -0.05) is 12.1 Å². The molecule has 2 aromatic rings. The number of carbonyl (C=O) groups excluding carboxylic acids is 2. The van der Waals surface area contributed by atoms with Gasteiger partial charge in [0.1, 0.15) is 0 Å². The molecule has 21 heavy (non-hydrogen) atoms. The lowest BCUT2D eigenvalue weighted by atomic mass is 10.1. The summed E-state index contributed by atoms with van der Waals surface area (Å²) in [5.41, 5.74) is 2.14. The summed E-state index contributed by atoms with van der Waals surface area (Å²) >= 11 is 0. The van der Waals surface area contributed by atoms with Gasteiger partial charge in [0.05, 0.1) is 0 Å². The second kappa shape index (κ2) is 6.65. The van der Waals surface area contributed by atoms with E-state index >= 15 is 0 Å². The number of carbonyl (C=O) groups is 2. The van der Waals surface area contributed by atoms with Crippen LogP contribution in [-0.4, -0.2) is 35.8 Å². The minimum Gasteiger partial charge on any atom is -0.348 e. The highest BCUT2D eigenvalue weighted by Gasteiger charge is 2.08. The van der Waals surface area contributed by atoms with E-state index in [-0.39, 0.29) is 11.8 Å². The molecule has 0 atom stereocenters. The summed E-state index contributed by atoms with van der Waals surface area (Å²) in [7, 11) is 3.43. The molecule has 0 aliphatic rings. The van der Waals surface area contributed by atoms with Crippen LogP contribution >= 0.6 is 0 Å². The van der Waals surface area contributed by atoms with Gasteiger partial charge in [-0.2, -0.15) is 0 Å². The van der Waals surface area contributed by atoms with Crippen molar-refractivity contribution in [2.45, 2.75) is 6.54 Å². The Morgan fingerprint density at radius 1 is 1.00 bits per heavy atom. The molecule has 1 N–H and O–H groups in total. The van der Waals surface area contributed by atoms with Gasteiger partial charge in [-0.05, 0) is 29.8 Å². The van der Waals surface area contributed by atoms with E-state index in [1.54, 1.807) is 50.8 Å². The molecule has 1 aromatic heterocycles. The standard InChI is InChI=1S/C16H17N3O2/c1-19(2)16(21)14-5-3-12(4-6-14)11-18-15(20)13-7-9-17-10-8-13/h3-10H,11H2,1-2H3,(H,18,20). The third-order valence-electron chi connectivity index (χ3n) is 3.00. The average molecular weight is 283 g/mol. The Bertz CT molecular complexity index is 622. The highest BCUT2D eigenvalue weighted by molar-refractivity contribution is 5.94. The van der Waals surface area contributed by atoms with E-state index in [1.807, 2.05) is 12.1 Å². The third-order valence-corrected chi connectivity index (χ3v) is 3.00. The minimum atomic E-state index is -0.147. The number of hydrogen-bond acceptors (Lipinski definition) is 3. The van der Waals surface area contributed by atoms with Gasteiger partial charge in [0.15, 0.2) is 0 Å². The molecule has 2 amide bonds. The smallest absolute Gasteiger partial charge is 0.253 e. The van der Waals surface area contributed by atoms with Gasteiger partial charge in [0, 0.05) is 44.2 Å². The lowest BCUT2D eigenvalue weighted by Crippen LogP contribution is -2.23. The first kappa shape index (κ1) is 14.7. The van der Waals surface area contributed by atoms with Crippen molar-refractivity contribution in [2.75, 3.05) is 14.1 Å². The average Bonchev–Trinajstić information content (AvgIpc) is 2.53. The molecule has 0 fully saturated rings. The van der Waals surface area contributed by atoms with E-state index in [9.17, 15) is 9.59 Å². The zero-order valence-corrected chi connectivity index (χ0v) is 12.0. The summed E-state index contributed by atoms with van der Waals surface area (Å²) in [6, 6.07) is 10.5. The number of rotatable bonds is 4. The first-order valence-electron chi connectivity index (χ1n) is 6.57. The first-order chi connectivity index (χ1) is 10.1. The second-order valence-corrected chi connectivity index (χ2v) is 4.82. The van der Waals surface area contributed by atoms with Crippen LogP contribution < -0.4 is 5.32 Å². The molecule has 1 aromatic carbocycles. The molecule has 0 radical (unpaired) electrons. The monoisotopic (exact) mass is 283 g/mol. The summed E-state index contributed by atoms with van der Waals surface area (Å²) in [5, 5.41) is 2.82. The SMILES string of the molecule is CN(C)C(=O)c1ccc(CNC(=O)c2ccncc2)cc1.